The average Bonchev–Trinajstić information content (AvgIpc) is 2.61. The second-order valence-electron chi connectivity index (χ2n) is 7.48. The fourth-order valence-electron chi connectivity index (χ4n) is 3.19. The van der Waals surface area contributed by atoms with Gasteiger partial charge in [0.1, 0.15) is 0 Å². The average molecular weight is 396 g/mol. The number of sulfonamides is 1. The minimum absolute atomic E-state index is 0.0205. The molecule has 0 aromatic heterocycles. The van der Waals surface area contributed by atoms with Crippen LogP contribution in [0.4, 0.5) is 0 Å². The lowest BCUT2D eigenvalue weighted by Crippen LogP contribution is -2.43. The van der Waals surface area contributed by atoms with Gasteiger partial charge in [-0.15, -0.1) is 0 Å². The maximum atomic E-state index is 12.3. The summed E-state index contributed by atoms with van der Waals surface area (Å²) < 4.78 is 22.5. The first kappa shape index (κ1) is 21.4. The van der Waals surface area contributed by atoms with Crippen LogP contribution in [0.1, 0.15) is 38.7 Å². The van der Waals surface area contributed by atoms with Gasteiger partial charge < -0.3 is 10.2 Å². The van der Waals surface area contributed by atoms with Crippen molar-refractivity contribution in [3.63, 3.8) is 0 Å². The number of hydrogen-bond acceptors (Lipinski definition) is 4. The van der Waals surface area contributed by atoms with Crippen molar-refractivity contribution in [2.75, 3.05) is 19.6 Å². The van der Waals surface area contributed by atoms with Crippen molar-refractivity contribution < 1.29 is 18.0 Å². The molecule has 8 heteroatoms. The first-order valence-corrected chi connectivity index (χ1v) is 10.9. The summed E-state index contributed by atoms with van der Waals surface area (Å²) in [7, 11) is -3.68. The van der Waals surface area contributed by atoms with E-state index in [0.29, 0.717) is 51.2 Å². The number of amides is 2. The number of likely N-dealkylation sites (tertiary alicyclic amines) is 1. The smallest absolute Gasteiger partial charge is 0.238 e. The van der Waals surface area contributed by atoms with Crippen LogP contribution < -0.4 is 10.5 Å². The Hall–Kier alpha value is -1.93. The van der Waals surface area contributed by atoms with Gasteiger partial charge in [-0.1, -0.05) is 26.0 Å². The monoisotopic (exact) mass is 395 g/mol. The van der Waals surface area contributed by atoms with Gasteiger partial charge in [0.15, 0.2) is 0 Å². The van der Waals surface area contributed by atoms with E-state index in [-0.39, 0.29) is 22.6 Å². The topological polar surface area (TPSA) is 110 Å². The second-order valence-corrected chi connectivity index (χ2v) is 9.04. The molecule has 1 aromatic rings. The lowest BCUT2D eigenvalue weighted by molar-refractivity contribution is -0.136. The van der Waals surface area contributed by atoms with Gasteiger partial charge in [-0.05, 0) is 42.9 Å². The summed E-state index contributed by atoms with van der Waals surface area (Å²) in [4.78, 5) is 26.3. The van der Waals surface area contributed by atoms with Crippen molar-refractivity contribution in [2.24, 2.45) is 17.0 Å². The van der Waals surface area contributed by atoms with Gasteiger partial charge in [0, 0.05) is 32.0 Å². The predicted octanol–water partition coefficient (Wildman–Crippen LogP) is 1.28. The molecular weight excluding hydrogens is 366 g/mol. The normalized spacial score (nSPS) is 15.8. The molecule has 1 aliphatic rings. The van der Waals surface area contributed by atoms with Gasteiger partial charge in [0.05, 0.1) is 4.90 Å². The summed E-state index contributed by atoms with van der Waals surface area (Å²) in [6.45, 7) is 5.82. The van der Waals surface area contributed by atoms with Crippen LogP contribution in [0.15, 0.2) is 29.2 Å². The lowest BCUT2D eigenvalue weighted by atomic mass is 9.95. The molecule has 1 aliphatic heterocycles. The minimum Gasteiger partial charge on any atom is -0.356 e. The first-order chi connectivity index (χ1) is 12.7. The number of nitrogens with one attached hydrogen (secondary N) is 1. The zero-order valence-electron chi connectivity index (χ0n) is 16.0. The summed E-state index contributed by atoms with van der Waals surface area (Å²) in [6, 6.07) is 6.34. The Balaban J connectivity index is 1.73. The number of primary sulfonamides is 1. The molecule has 3 N–H and O–H groups in total. The van der Waals surface area contributed by atoms with Crippen LogP contribution in [0.2, 0.25) is 0 Å². The van der Waals surface area contributed by atoms with Crippen LogP contribution in [-0.4, -0.2) is 44.8 Å². The van der Waals surface area contributed by atoms with Crippen molar-refractivity contribution in [1.82, 2.24) is 10.2 Å². The van der Waals surface area contributed by atoms with E-state index in [1.807, 2.05) is 18.7 Å². The first-order valence-electron chi connectivity index (χ1n) is 9.34. The molecule has 1 aromatic carbocycles. The van der Waals surface area contributed by atoms with E-state index >= 15 is 0 Å². The third-order valence-corrected chi connectivity index (χ3v) is 5.70. The highest BCUT2D eigenvalue weighted by Gasteiger charge is 2.27. The molecule has 27 heavy (non-hydrogen) atoms. The zero-order chi connectivity index (χ0) is 20.0. The third kappa shape index (κ3) is 6.62. The maximum Gasteiger partial charge on any atom is 0.238 e. The van der Waals surface area contributed by atoms with Gasteiger partial charge in [0.25, 0.3) is 0 Å². The van der Waals surface area contributed by atoms with Crippen LogP contribution >= 0.6 is 0 Å². The Morgan fingerprint density at radius 3 is 2.30 bits per heavy atom. The molecule has 7 nitrogen and oxygen atoms in total. The van der Waals surface area contributed by atoms with E-state index in [9.17, 15) is 18.0 Å². The van der Waals surface area contributed by atoms with Crippen LogP contribution in [0.5, 0.6) is 0 Å². The Kier molecular flexibility index (Phi) is 7.38. The van der Waals surface area contributed by atoms with Crippen molar-refractivity contribution in [3.05, 3.63) is 29.8 Å². The Labute approximate surface area is 161 Å². The third-order valence-electron chi connectivity index (χ3n) is 4.77. The molecule has 2 rings (SSSR count). The molecular formula is C19H29N3O4S. The van der Waals surface area contributed by atoms with Gasteiger partial charge >= 0.3 is 0 Å². The summed E-state index contributed by atoms with van der Waals surface area (Å²) in [5, 5.41) is 8.01. The van der Waals surface area contributed by atoms with Gasteiger partial charge in [-0.3, -0.25) is 9.59 Å². The quantitative estimate of drug-likeness (QED) is 0.724. The second kappa shape index (κ2) is 9.32. The van der Waals surface area contributed by atoms with Crippen LogP contribution in [0.3, 0.4) is 0 Å². The summed E-state index contributed by atoms with van der Waals surface area (Å²) in [5.74, 6) is 0.481. The molecule has 0 spiro atoms. The van der Waals surface area contributed by atoms with E-state index in [4.69, 9.17) is 5.14 Å². The molecule has 0 radical (unpaired) electrons. The molecule has 2 amide bonds. The molecule has 0 atom stereocenters. The van der Waals surface area contributed by atoms with Crippen molar-refractivity contribution in [1.29, 1.82) is 0 Å². The molecule has 150 valence electrons. The van der Waals surface area contributed by atoms with Crippen LogP contribution in [0.25, 0.3) is 0 Å². The lowest BCUT2D eigenvalue weighted by Gasteiger charge is -2.31. The zero-order valence-corrected chi connectivity index (χ0v) is 16.8. The van der Waals surface area contributed by atoms with Crippen molar-refractivity contribution >= 4 is 21.8 Å². The Bertz CT molecular complexity index is 752. The standard InChI is InChI=1S/C19H29N3O4S/c1-14(2)13-18(23)22-11-8-16(9-12-22)19(24)21-10-7-15-3-5-17(6-4-15)27(20,25)26/h3-6,14,16H,7-13H2,1-2H3,(H,21,24)(H2,20,25,26). The molecule has 0 bridgehead atoms. The Morgan fingerprint density at radius 2 is 1.78 bits per heavy atom. The number of rotatable bonds is 7. The summed E-state index contributed by atoms with van der Waals surface area (Å²) in [5.41, 5.74) is 0.928. The summed E-state index contributed by atoms with van der Waals surface area (Å²) >= 11 is 0. The maximum absolute atomic E-state index is 12.3. The van der Waals surface area contributed by atoms with Crippen molar-refractivity contribution in [3.8, 4) is 0 Å². The SMILES string of the molecule is CC(C)CC(=O)N1CCC(C(=O)NCCc2ccc(S(N)(=O)=O)cc2)CC1. The highest BCUT2D eigenvalue weighted by atomic mass is 32.2. The minimum atomic E-state index is -3.68. The highest BCUT2D eigenvalue weighted by Crippen LogP contribution is 2.19. The van der Waals surface area contributed by atoms with E-state index in [1.165, 1.54) is 12.1 Å². The number of benzene rings is 1. The molecule has 1 heterocycles. The van der Waals surface area contributed by atoms with E-state index in [2.05, 4.69) is 5.32 Å². The predicted molar refractivity (Wildman–Crippen MR) is 103 cm³/mol. The van der Waals surface area contributed by atoms with Crippen LogP contribution in [-0.2, 0) is 26.0 Å². The van der Waals surface area contributed by atoms with Gasteiger partial charge in [0.2, 0.25) is 21.8 Å². The Morgan fingerprint density at radius 1 is 1.19 bits per heavy atom. The van der Waals surface area contributed by atoms with Gasteiger partial charge in [-0.25, -0.2) is 13.6 Å². The van der Waals surface area contributed by atoms with E-state index < -0.39 is 10.0 Å². The largest absolute Gasteiger partial charge is 0.356 e. The van der Waals surface area contributed by atoms with Gasteiger partial charge in [-0.2, -0.15) is 0 Å². The fourth-order valence-corrected chi connectivity index (χ4v) is 3.71. The van der Waals surface area contributed by atoms with E-state index in [1.54, 1.807) is 12.1 Å². The molecule has 0 unspecified atom stereocenters. The number of nitrogens with two attached hydrogens (primary N) is 1. The highest BCUT2D eigenvalue weighted by molar-refractivity contribution is 7.89. The molecule has 1 fully saturated rings. The number of carbonyl (C=O) groups is 2. The molecule has 1 saturated heterocycles. The van der Waals surface area contributed by atoms with Crippen molar-refractivity contribution in [2.45, 2.75) is 44.4 Å². The van der Waals surface area contributed by atoms with Crippen LogP contribution in [0, 0.1) is 11.8 Å². The van der Waals surface area contributed by atoms with E-state index in [0.717, 1.165) is 5.56 Å². The number of nitrogens with zero attached hydrogens (tertiary/aromatic N) is 1. The number of carbonyl (C=O) groups excluding carboxylic acids is 2. The summed E-state index contributed by atoms with van der Waals surface area (Å²) in [6.07, 6.45) is 2.56. The molecule has 0 saturated carbocycles. The fraction of sp³-hybridized carbons (Fsp3) is 0.579. The molecule has 0 aliphatic carbocycles. The number of piperidine rings is 1. The number of hydrogen-bond donors (Lipinski definition) is 2.